The second-order valence-electron chi connectivity index (χ2n) is 6.79. The zero-order valence-electron chi connectivity index (χ0n) is 14.7. The van der Waals surface area contributed by atoms with Gasteiger partial charge in [-0.2, -0.15) is 0 Å². The third-order valence-electron chi connectivity index (χ3n) is 3.24. The molecule has 7 heteroatoms. The highest BCUT2D eigenvalue weighted by Crippen LogP contribution is 2.08. The molecule has 7 nitrogen and oxygen atoms in total. The van der Waals surface area contributed by atoms with Crippen LogP contribution in [0.5, 0.6) is 0 Å². The van der Waals surface area contributed by atoms with Crippen LogP contribution >= 0.6 is 0 Å². The zero-order valence-corrected chi connectivity index (χ0v) is 14.7. The molecule has 2 rings (SSSR count). The average Bonchev–Trinajstić information content (AvgIpc) is 2.84. The molecular formula is C17H24N4O3. The maximum atomic E-state index is 12.1. The molecule has 2 aromatic heterocycles. The molecule has 130 valence electrons. The summed E-state index contributed by atoms with van der Waals surface area (Å²) in [5.41, 5.74) is 2.10. The molecular weight excluding hydrogens is 308 g/mol. The van der Waals surface area contributed by atoms with E-state index in [0.717, 1.165) is 16.9 Å². The molecule has 0 aliphatic rings. The normalized spacial score (nSPS) is 12.7. The predicted molar refractivity (Wildman–Crippen MR) is 90.6 cm³/mol. The first kappa shape index (κ1) is 17.8. The Morgan fingerprint density at radius 1 is 1.38 bits per heavy atom. The highest BCUT2D eigenvalue weighted by Gasteiger charge is 2.20. The zero-order chi connectivity index (χ0) is 17.9. The van der Waals surface area contributed by atoms with Crippen LogP contribution in [0.3, 0.4) is 0 Å². The fourth-order valence-corrected chi connectivity index (χ4v) is 2.10. The Morgan fingerprint density at radius 3 is 2.75 bits per heavy atom. The Kier molecular flexibility index (Phi) is 5.11. The van der Waals surface area contributed by atoms with Crippen molar-refractivity contribution < 1.29 is 14.3 Å². The van der Waals surface area contributed by atoms with Crippen LogP contribution in [0.15, 0.2) is 24.5 Å². The molecule has 0 unspecified atom stereocenters. The summed E-state index contributed by atoms with van der Waals surface area (Å²) in [6.07, 6.45) is 3.17. The van der Waals surface area contributed by atoms with Crippen molar-refractivity contribution in [2.24, 2.45) is 0 Å². The number of ether oxygens (including phenoxy) is 1. The highest BCUT2D eigenvalue weighted by molar-refractivity contribution is 5.85. The van der Waals surface area contributed by atoms with Crippen LogP contribution in [0.2, 0.25) is 0 Å². The number of nitrogens with one attached hydrogen (secondary N) is 2. The summed E-state index contributed by atoms with van der Waals surface area (Å²) in [6.45, 7) is 9.19. The van der Waals surface area contributed by atoms with E-state index in [9.17, 15) is 9.59 Å². The quantitative estimate of drug-likeness (QED) is 0.898. The topological polar surface area (TPSA) is 84.7 Å². The maximum Gasteiger partial charge on any atom is 0.408 e. The van der Waals surface area contributed by atoms with Gasteiger partial charge in [-0.25, -0.2) is 9.78 Å². The number of rotatable bonds is 4. The van der Waals surface area contributed by atoms with Crippen molar-refractivity contribution in [3.63, 3.8) is 0 Å². The van der Waals surface area contributed by atoms with E-state index in [0.29, 0.717) is 6.54 Å². The van der Waals surface area contributed by atoms with Gasteiger partial charge in [0.1, 0.15) is 17.3 Å². The number of fused-ring (bicyclic) bond motifs is 1. The van der Waals surface area contributed by atoms with Gasteiger partial charge < -0.3 is 19.8 Å². The van der Waals surface area contributed by atoms with Crippen LogP contribution in [0, 0.1) is 6.92 Å². The van der Waals surface area contributed by atoms with Gasteiger partial charge in [-0.05, 0) is 52.3 Å². The second-order valence-corrected chi connectivity index (χ2v) is 6.79. The number of amides is 2. The van der Waals surface area contributed by atoms with Crippen molar-refractivity contribution >= 4 is 17.6 Å². The fraction of sp³-hybridized carbons (Fsp3) is 0.471. The van der Waals surface area contributed by atoms with E-state index in [1.54, 1.807) is 27.7 Å². The fourth-order valence-electron chi connectivity index (χ4n) is 2.10. The predicted octanol–water partition coefficient (Wildman–Crippen LogP) is 2.17. The first-order valence-electron chi connectivity index (χ1n) is 7.85. The molecule has 2 N–H and O–H groups in total. The number of aromatic nitrogens is 2. The van der Waals surface area contributed by atoms with Gasteiger partial charge in [-0.3, -0.25) is 4.79 Å². The standard InChI is InChI=1S/C17H24N4O3/c1-11-6-7-21-10-13(20-14(21)8-11)9-18-15(22)12(2)19-16(23)24-17(3,4)5/h6-8,10,12H,9H2,1-5H3,(H,18,22)(H,19,23)/t12-/m1/s1. The van der Waals surface area contributed by atoms with Crippen LogP contribution in [0.25, 0.3) is 5.65 Å². The molecule has 2 amide bonds. The summed E-state index contributed by atoms with van der Waals surface area (Å²) in [5.74, 6) is -0.297. The van der Waals surface area contributed by atoms with E-state index in [1.165, 1.54) is 0 Å². The van der Waals surface area contributed by atoms with Crippen LogP contribution < -0.4 is 10.6 Å². The minimum atomic E-state index is -0.695. The molecule has 0 saturated heterocycles. The van der Waals surface area contributed by atoms with E-state index in [4.69, 9.17) is 4.74 Å². The van der Waals surface area contributed by atoms with Crippen LogP contribution in [-0.2, 0) is 16.1 Å². The Morgan fingerprint density at radius 2 is 2.08 bits per heavy atom. The Labute approximate surface area is 141 Å². The molecule has 0 radical (unpaired) electrons. The van der Waals surface area contributed by atoms with Crippen molar-refractivity contribution in [2.45, 2.75) is 52.8 Å². The maximum absolute atomic E-state index is 12.1. The van der Waals surface area contributed by atoms with Crippen LogP contribution in [-0.4, -0.2) is 33.0 Å². The van der Waals surface area contributed by atoms with E-state index in [1.807, 2.05) is 35.9 Å². The van der Waals surface area contributed by atoms with Gasteiger partial charge in [0.2, 0.25) is 5.91 Å². The molecule has 24 heavy (non-hydrogen) atoms. The van der Waals surface area contributed by atoms with E-state index in [2.05, 4.69) is 15.6 Å². The molecule has 0 aliphatic carbocycles. The first-order valence-corrected chi connectivity index (χ1v) is 7.85. The molecule has 0 aliphatic heterocycles. The van der Waals surface area contributed by atoms with E-state index >= 15 is 0 Å². The van der Waals surface area contributed by atoms with Crippen LogP contribution in [0.1, 0.15) is 39.0 Å². The molecule has 0 fully saturated rings. The highest BCUT2D eigenvalue weighted by atomic mass is 16.6. The van der Waals surface area contributed by atoms with E-state index in [-0.39, 0.29) is 5.91 Å². The van der Waals surface area contributed by atoms with Crippen molar-refractivity contribution in [1.82, 2.24) is 20.0 Å². The molecule has 0 saturated carbocycles. The Bertz CT molecular complexity index is 746. The summed E-state index contributed by atoms with van der Waals surface area (Å²) >= 11 is 0. The lowest BCUT2D eigenvalue weighted by Crippen LogP contribution is -2.46. The lowest BCUT2D eigenvalue weighted by Gasteiger charge is -2.21. The molecule has 1 atom stereocenters. The summed E-state index contributed by atoms with van der Waals surface area (Å²) in [4.78, 5) is 28.2. The summed E-state index contributed by atoms with van der Waals surface area (Å²) in [6, 6.07) is 3.26. The second kappa shape index (κ2) is 6.90. The minimum Gasteiger partial charge on any atom is -0.444 e. The number of carbonyl (C=O) groups excluding carboxylic acids is 2. The molecule has 0 bridgehead atoms. The van der Waals surface area contributed by atoms with Crippen LogP contribution in [0.4, 0.5) is 4.79 Å². The molecule has 2 heterocycles. The van der Waals surface area contributed by atoms with Gasteiger partial charge >= 0.3 is 6.09 Å². The number of nitrogens with zero attached hydrogens (tertiary/aromatic N) is 2. The Balaban J connectivity index is 1.88. The monoisotopic (exact) mass is 332 g/mol. The molecule has 0 aromatic carbocycles. The third-order valence-corrected chi connectivity index (χ3v) is 3.24. The van der Waals surface area contributed by atoms with Crippen molar-refractivity contribution in [3.05, 3.63) is 35.8 Å². The van der Waals surface area contributed by atoms with Crippen molar-refractivity contribution in [3.8, 4) is 0 Å². The van der Waals surface area contributed by atoms with Gasteiger partial charge in [-0.1, -0.05) is 0 Å². The first-order chi connectivity index (χ1) is 11.1. The number of alkyl carbamates (subject to hydrolysis) is 1. The lowest BCUT2D eigenvalue weighted by atomic mass is 10.2. The number of imidazole rings is 1. The van der Waals surface area contributed by atoms with Gasteiger partial charge in [0, 0.05) is 12.4 Å². The minimum absolute atomic E-state index is 0.292. The number of pyridine rings is 1. The largest absolute Gasteiger partial charge is 0.444 e. The summed E-state index contributed by atoms with van der Waals surface area (Å²) in [5, 5.41) is 5.27. The number of hydrogen-bond donors (Lipinski definition) is 2. The smallest absolute Gasteiger partial charge is 0.408 e. The SMILES string of the molecule is Cc1ccn2cc(CNC(=O)[C@@H](C)NC(=O)OC(C)(C)C)nc2c1. The molecule has 2 aromatic rings. The van der Waals surface area contributed by atoms with Gasteiger partial charge in [0.15, 0.2) is 0 Å². The van der Waals surface area contributed by atoms with Gasteiger partial charge in [-0.15, -0.1) is 0 Å². The lowest BCUT2D eigenvalue weighted by molar-refractivity contribution is -0.123. The van der Waals surface area contributed by atoms with E-state index < -0.39 is 17.7 Å². The number of hydrogen-bond acceptors (Lipinski definition) is 4. The average molecular weight is 332 g/mol. The van der Waals surface area contributed by atoms with Crippen molar-refractivity contribution in [2.75, 3.05) is 0 Å². The van der Waals surface area contributed by atoms with Gasteiger partial charge in [0.25, 0.3) is 0 Å². The molecule has 0 spiro atoms. The Hall–Kier alpha value is -2.57. The number of aryl methyl sites for hydroxylation is 1. The summed E-state index contributed by atoms with van der Waals surface area (Å²) in [7, 11) is 0. The number of carbonyl (C=O) groups is 2. The van der Waals surface area contributed by atoms with Crippen molar-refractivity contribution in [1.29, 1.82) is 0 Å². The third kappa shape index (κ3) is 4.97. The summed E-state index contributed by atoms with van der Waals surface area (Å²) < 4.78 is 7.03. The van der Waals surface area contributed by atoms with Gasteiger partial charge in [0.05, 0.1) is 12.2 Å².